The molecule has 16 heavy (non-hydrogen) atoms. The van der Waals surface area contributed by atoms with Gasteiger partial charge >= 0.3 is 0 Å². The molecule has 0 aromatic carbocycles. The molecular weight excluding hydrogens is 200 g/mol. The minimum atomic E-state index is 0.268. The van der Waals surface area contributed by atoms with Crippen LogP contribution in [0.15, 0.2) is 6.20 Å². The molecule has 1 aliphatic rings. The third-order valence-corrected chi connectivity index (χ3v) is 3.41. The normalized spacial score (nSPS) is 17.7. The molecule has 0 aliphatic heterocycles. The van der Waals surface area contributed by atoms with Crippen LogP contribution >= 0.6 is 0 Å². The van der Waals surface area contributed by atoms with E-state index < -0.39 is 0 Å². The Kier molecular flexibility index (Phi) is 3.61. The molecule has 1 aliphatic carbocycles. The first-order valence-corrected chi connectivity index (χ1v) is 6.23. The summed E-state index contributed by atoms with van der Waals surface area (Å²) in [4.78, 5) is 0. The van der Waals surface area contributed by atoms with E-state index in [0.717, 1.165) is 18.8 Å². The van der Waals surface area contributed by atoms with Crippen LogP contribution in [0.25, 0.3) is 0 Å². The van der Waals surface area contributed by atoms with E-state index in [-0.39, 0.29) is 6.04 Å². The number of aromatic nitrogens is 2. The molecule has 1 aromatic heterocycles. The fourth-order valence-corrected chi connectivity index (χ4v) is 2.26. The van der Waals surface area contributed by atoms with Gasteiger partial charge in [-0.25, -0.2) is 0 Å². The van der Waals surface area contributed by atoms with Crippen LogP contribution < -0.4 is 11.3 Å². The predicted octanol–water partition coefficient (Wildman–Crippen LogP) is 1.68. The van der Waals surface area contributed by atoms with Crippen LogP contribution in [0, 0.1) is 5.92 Å². The van der Waals surface area contributed by atoms with Gasteiger partial charge in [-0.15, -0.1) is 0 Å². The summed E-state index contributed by atoms with van der Waals surface area (Å²) in [6, 6.07) is 0.268. The molecule has 2 rings (SSSR count). The highest BCUT2D eigenvalue weighted by molar-refractivity contribution is 5.21. The molecule has 1 atom stereocenters. The number of aryl methyl sites for hydroxylation is 2. The van der Waals surface area contributed by atoms with Crippen molar-refractivity contribution in [1.82, 2.24) is 15.2 Å². The van der Waals surface area contributed by atoms with E-state index >= 15 is 0 Å². The van der Waals surface area contributed by atoms with Crippen molar-refractivity contribution in [3.63, 3.8) is 0 Å². The Hall–Kier alpha value is -0.870. The average molecular weight is 222 g/mol. The molecule has 0 spiro atoms. The Morgan fingerprint density at radius 2 is 2.38 bits per heavy atom. The Morgan fingerprint density at radius 3 is 2.94 bits per heavy atom. The molecule has 1 fully saturated rings. The van der Waals surface area contributed by atoms with Gasteiger partial charge in [0.15, 0.2) is 0 Å². The SMILES string of the molecule is CCc1nn(C)cc1C(CCC1CC1)NN. The molecule has 1 saturated carbocycles. The second kappa shape index (κ2) is 4.97. The maximum Gasteiger partial charge on any atom is 0.0670 e. The van der Waals surface area contributed by atoms with Gasteiger partial charge in [0.05, 0.1) is 5.69 Å². The van der Waals surface area contributed by atoms with Gasteiger partial charge in [-0.2, -0.15) is 5.10 Å². The zero-order chi connectivity index (χ0) is 11.5. The molecule has 1 aromatic rings. The minimum Gasteiger partial charge on any atom is -0.275 e. The number of rotatable bonds is 6. The molecule has 1 unspecified atom stereocenters. The van der Waals surface area contributed by atoms with Crippen molar-refractivity contribution in [1.29, 1.82) is 0 Å². The van der Waals surface area contributed by atoms with Gasteiger partial charge in [-0.3, -0.25) is 16.0 Å². The smallest absolute Gasteiger partial charge is 0.0670 e. The highest BCUT2D eigenvalue weighted by atomic mass is 15.3. The predicted molar refractivity (Wildman–Crippen MR) is 64.6 cm³/mol. The number of nitrogens with one attached hydrogen (secondary N) is 1. The highest BCUT2D eigenvalue weighted by Crippen LogP contribution is 2.36. The molecule has 1 heterocycles. The molecule has 4 nitrogen and oxygen atoms in total. The second-order valence-corrected chi connectivity index (χ2v) is 4.80. The van der Waals surface area contributed by atoms with Crippen LogP contribution in [0.3, 0.4) is 0 Å². The summed E-state index contributed by atoms with van der Waals surface area (Å²) in [7, 11) is 1.97. The maximum atomic E-state index is 5.66. The lowest BCUT2D eigenvalue weighted by Gasteiger charge is -2.15. The zero-order valence-electron chi connectivity index (χ0n) is 10.2. The third kappa shape index (κ3) is 2.62. The van der Waals surface area contributed by atoms with Gasteiger partial charge in [0.1, 0.15) is 0 Å². The summed E-state index contributed by atoms with van der Waals surface area (Å²) < 4.78 is 1.88. The Balaban J connectivity index is 2.04. The summed E-state index contributed by atoms with van der Waals surface area (Å²) >= 11 is 0. The van der Waals surface area contributed by atoms with Crippen molar-refractivity contribution in [2.24, 2.45) is 18.8 Å². The molecule has 0 radical (unpaired) electrons. The van der Waals surface area contributed by atoms with E-state index in [1.807, 2.05) is 11.7 Å². The molecule has 0 saturated heterocycles. The molecular formula is C12H22N4. The van der Waals surface area contributed by atoms with Crippen molar-refractivity contribution >= 4 is 0 Å². The van der Waals surface area contributed by atoms with E-state index in [1.54, 1.807) is 0 Å². The molecule has 0 bridgehead atoms. The van der Waals surface area contributed by atoms with Crippen LogP contribution in [-0.4, -0.2) is 9.78 Å². The molecule has 4 heteroatoms. The molecule has 90 valence electrons. The van der Waals surface area contributed by atoms with E-state index in [4.69, 9.17) is 5.84 Å². The van der Waals surface area contributed by atoms with Gasteiger partial charge in [0.2, 0.25) is 0 Å². The summed E-state index contributed by atoms with van der Waals surface area (Å²) in [5, 5.41) is 4.46. The second-order valence-electron chi connectivity index (χ2n) is 4.80. The van der Waals surface area contributed by atoms with Crippen LogP contribution in [0.2, 0.25) is 0 Å². The van der Waals surface area contributed by atoms with E-state index in [1.165, 1.54) is 30.5 Å². The van der Waals surface area contributed by atoms with Crippen LogP contribution in [0.4, 0.5) is 0 Å². The Bertz CT molecular complexity index is 341. The van der Waals surface area contributed by atoms with E-state index in [9.17, 15) is 0 Å². The summed E-state index contributed by atoms with van der Waals surface area (Å²) in [5.74, 6) is 6.61. The summed E-state index contributed by atoms with van der Waals surface area (Å²) in [5.41, 5.74) is 5.38. The van der Waals surface area contributed by atoms with Crippen molar-refractivity contribution < 1.29 is 0 Å². The summed E-state index contributed by atoms with van der Waals surface area (Å²) in [6.45, 7) is 2.14. The standard InChI is InChI=1S/C12H22N4/c1-3-11-10(8-16(2)15-11)12(14-13)7-6-9-4-5-9/h8-9,12,14H,3-7,13H2,1-2H3. The fraction of sp³-hybridized carbons (Fsp3) is 0.750. The van der Waals surface area contributed by atoms with Crippen LogP contribution in [-0.2, 0) is 13.5 Å². The Morgan fingerprint density at radius 1 is 1.62 bits per heavy atom. The van der Waals surface area contributed by atoms with Crippen LogP contribution in [0.1, 0.15) is 49.9 Å². The first-order chi connectivity index (χ1) is 7.74. The van der Waals surface area contributed by atoms with E-state index in [2.05, 4.69) is 23.6 Å². The number of nitrogens with zero attached hydrogens (tertiary/aromatic N) is 2. The lowest BCUT2D eigenvalue weighted by Crippen LogP contribution is -2.28. The van der Waals surface area contributed by atoms with Gasteiger partial charge in [-0.05, 0) is 25.2 Å². The van der Waals surface area contributed by atoms with Crippen LogP contribution in [0.5, 0.6) is 0 Å². The fourth-order valence-electron chi connectivity index (χ4n) is 2.26. The lowest BCUT2D eigenvalue weighted by molar-refractivity contribution is 0.479. The monoisotopic (exact) mass is 222 g/mol. The minimum absolute atomic E-state index is 0.268. The van der Waals surface area contributed by atoms with Crippen molar-refractivity contribution in [2.45, 2.75) is 45.1 Å². The largest absolute Gasteiger partial charge is 0.275 e. The van der Waals surface area contributed by atoms with Gasteiger partial charge in [-0.1, -0.05) is 19.8 Å². The average Bonchev–Trinajstić information content (AvgIpc) is 3.02. The highest BCUT2D eigenvalue weighted by Gasteiger charge is 2.24. The Labute approximate surface area is 97.2 Å². The first kappa shape index (κ1) is 11.6. The number of hydrogen-bond donors (Lipinski definition) is 2. The van der Waals surface area contributed by atoms with Gasteiger partial charge in [0, 0.05) is 24.8 Å². The van der Waals surface area contributed by atoms with Gasteiger partial charge in [0.25, 0.3) is 0 Å². The lowest BCUT2D eigenvalue weighted by atomic mass is 10.0. The van der Waals surface area contributed by atoms with Crippen molar-refractivity contribution in [3.8, 4) is 0 Å². The zero-order valence-corrected chi connectivity index (χ0v) is 10.2. The molecule has 3 N–H and O–H groups in total. The third-order valence-electron chi connectivity index (χ3n) is 3.41. The summed E-state index contributed by atoms with van der Waals surface area (Å²) in [6.07, 6.45) is 8.29. The number of hydrazine groups is 1. The maximum absolute atomic E-state index is 5.66. The van der Waals surface area contributed by atoms with Gasteiger partial charge < -0.3 is 0 Å². The first-order valence-electron chi connectivity index (χ1n) is 6.23. The van der Waals surface area contributed by atoms with E-state index in [0.29, 0.717) is 0 Å². The van der Waals surface area contributed by atoms with Crippen molar-refractivity contribution in [3.05, 3.63) is 17.5 Å². The topological polar surface area (TPSA) is 55.9 Å². The van der Waals surface area contributed by atoms with Crippen molar-refractivity contribution in [2.75, 3.05) is 0 Å². The quantitative estimate of drug-likeness (QED) is 0.568. The number of nitrogens with two attached hydrogens (primary N) is 1. The molecule has 0 amide bonds. The number of hydrogen-bond acceptors (Lipinski definition) is 3.